The van der Waals surface area contributed by atoms with Crippen molar-refractivity contribution < 1.29 is 8.42 Å². The molecule has 1 aliphatic heterocycles. The molecule has 0 unspecified atom stereocenters. The van der Waals surface area contributed by atoms with E-state index in [4.69, 9.17) is 0 Å². The van der Waals surface area contributed by atoms with Crippen LogP contribution in [0.4, 0.5) is 0 Å². The van der Waals surface area contributed by atoms with E-state index in [1.165, 1.54) is 4.31 Å². The molecule has 0 aliphatic carbocycles. The van der Waals surface area contributed by atoms with Gasteiger partial charge in [-0.15, -0.1) is 0 Å². The molecule has 0 aromatic carbocycles. The molecular weight excluding hydrogens is 252 g/mol. The molecule has 1 saturated heterocycles. The van der Waals surface area contributed by atoms with Crippen LogP contribution in [0.3, 0.4) is 0 Å². The van der Waals surface area contributed by atoms with Gasteiger partial charge >= 0.3 is 0 Å². The van der Waals surface area contributed by atoms with E-state index in [2.05, 4.69) is 10.3 Å². The third-order valence-electron chi connectivity index (χ3n) is 3.44. The van der Waals surface area contributed by atoms with Crippen molar-refractivity contribution in [3.63, 3.8) is 0 Å². The predicted molar refractivity (Wildman–Crippen MR) is 68.7 cm³/mol. The lowest BCUT2D eigenvalue weighted by Crippen LogP contribution is -2.43. The highest BCUT2D eigenvalue weighted by atomic mass is 32.2. The molecule has 0 saturated carbocycles. The third-order valence-corrected chi connectivity index (χ3v) is 5.24. The van der Waals surface area contributed by atoms with Gasteiger partial charge in [0.2, 0.25) is 0 Å². The van der Waals surface area contributed by atoms with Crippen molar-refractivity contribution >= 4 is 10.0 Å². The molecule has 0 spiro atoms. The van der Waals surface area contributed by atoms with E-state index in [0.717, 1.165) is 32.5 Å². The van der Waals surface area contributed by atoms with E-state index in [1.807, 2.05) is 6.92 Å². The highest BCUT2D eigenvalue weighted by Crippen LogP contribution is 2.19. The number of hydrogen-bond acceptors (Lipinski definition) is 4. The Bertz CT molecular complexity index is 491. The topological polar surface area (TPSA) is 67.2 Å². The fraction of sp³-hybridized carbons (Fsp3) is 0.727. The van der Waals surface area contributed by atoms with Gasteiger partial charge in [-0.25, -0.2) is 13.4 Å². The Labute approximate surface area is 108 Å². The zero-order valence-electron chi connectivity index (χ0n) is 10.8. The highest BCUT2D eigenvalue weighted by molar-refractivity contribution is 7.89. The fourth-order valence-electron chi connectivity index (χ4n) is 2.16. The van der Waals surface area contributed by atoms with E-state index >= 15 is 0 Å². The van der Waals surface area contributed by atoms with Crippen molar-refractivity contribution in [1.82, 2.24) is 19.2 Å². The first kappa shape index (κ1) is 13.5. The summed E-state index contributed by atoms with van der Waals surface area (Å²) in [6.45, 7) is 4.41. The maximum absolute atomic E-state index is 12.4. The minimum Gasteiger partial charge on any atom is -0.336 e. The summed E-state index contributed by atoms with van der Waals surface area (Å²) in [5.41, 5.74) is 0. The Hall–Kier alpha value is -0.920. The van der Waals surface area contributed by atoms with Crippen LogP contribution in [-0.4, -0.2) is 48.5 Å². The quantitative estimate of drug-likeness (QED) is 0.854. The van der Waals surface area contributed by atoms with Crippen LogP contribution in [0.5, 0.6) is 0 Å². The van der Waals surface area contributed by atoms with Gasteiger partial charge in [0.15, 0.2) is 5.03 Å². The van der Waals surface area contributed by atoms with Gasteiger partial charge in [-0.2, -0.15) is 4.31 Å². The maximum Gasteiger partial charge on any atom is 0.262 e. The predicted octanol–water partition coefficient (Wildman–Crippen LogP) is 0.275. The van der Waals surface area contributed by atoms with Crippen molar-refractivity contribution in [2.45, 2.75) is 37.4 Å². The molecule has 1 aromatic rings. The summed E-state index contributed by atoms with van der Waals surface area (Å²) in [4.78, 5) is 3.99. The van der Waals surface area contributed by atoms with E-state index in [1.54, 1.807) is 24.1 Å². The lowest BCUT2D eigenvalue weighted by atomic mass is 10.1. The van der Waals surface area contributed by atoms with Crippen LogP contribution in [0, 0.1) is 0 Å². The number of piperidine rings is 1. The smallest absolute Gasteiger partial charge is 0.262 e. The van der Waals surface area contributed by atoms with Crippen LogP contribution in [0.15, 0.2) is 17.6 Å². The van der Waals surface area contributed by atoms with Crippen LogP contribution in [0.2, 0.25) is 0 Å². The Balaban J connectivity index is 2.18. The second-order valence-corrected chi connectivity index (χ2v) is 6.49. The molecule has 2 rings (SSSR count). The largest absolute Gasteiger partial charge is 0.336 e. The maximum atomic E-state index is 12.4. The molecule has 0 atom stereocenters. The zero-order chi connectivity index (χ0) is 13.2. The van der Waals surface area contributed by atoms with Crippen molar-refractivity contribution in [3.05, 3.63) is 12.5 Å². The van der Waals surface area contributed by atoms with Gasteiger partial charge in [-0.05, 0) is 32.9 Å². The van der Waals surface area contributed by atoms with Crippen molar-refractivity contribution in [1.29, 1.82) is 0 Å². The molecule has 0 radical (unpaired) electrons. The highest BCUT2D eigenvalue weighted by Gasteiger charge is 2.30. The average molecular weight is 272 g/mol. The lowest BCUT2D eigenvalue weighted by molar-refractivity contribution is 0.296. The summed E-state index contributed by atoms with van der Waals surface area (Å²) in [7, 11) is -1.81. The minimum absolute atomic E-state index is 0.0722. The Morgan fingerprint density at radius 3 is 2.72 bits per heavy atom. The number of sulfonamides is 1. The Morgan fingerprint density at radius 1 is 1.50 bits per heavy atom. The summed E-state index contributed by atoms with van der Waals surface area (Å²) in [6.07, 6.45) is 4.85. The fourth-order valence-corrected chi connectivity index (χ4v) is 3.51. The van der Waals surface area contributed by atoms with Crippen molar-refractivity contribution in [3.8, 4) is 0 Å². The molecule has 1 aromatic heterocycles. The lowest BCUT2D eigenvalue weighted by Gasteiger charge is -2.30. The zero-order valence-corrected chi connectivity index (χ0v) is 11.7. The molecule has 18 heavy (non-hydrogen) atoms. The second kappa shape index (κ2) is 5.38. The monoisotopic (exact) mass is 272 g/mol. The van der Waals surface area contributed by atoms with Gasteiger partial charge in [0, 0.05) is 25.8 Å². The molecular formula is C11H20N4O2S. The first-order valence-electron chi connectivity index (χ1n) is 6.26. The molecule has 102 valence electrons. The minimum atomic E-state index is -3.45. The number of hydrogen-bond donors (Lipinski definition) is 1. The van der Waals surface area contributed by atoms with E-state index in [0.29, 0.717) is 0 Å². The summed E-state index contributed by atoms with van der Waals surface area (Å²) < 4.78 is 28.0. The summed E-state index contributed by atoms with van der Waals surface area (Å²) in [5.74, 6) is 0. The molecule has 0 amide bonds. The number of aromatic nitrogens is 2. The van der Waals surface area contributed by atoms with E-state index in [9.17, 15) is 8.42 Å². The number of nitrogens with one attached hydrogen (secondary N) is 1. The van der Waals surface area contributed by atoms with Gasteiger partial charge in [0.25, 0.3) is 10.0 Å². The van der Waals surface area contributed by atoms with Crippen LogP contribution in [0.1, 0.15) is 19.8 Å². The van der Waals surface area contributed by atoms with Gasteiger partial charge in [0.1, 0.15) is 0 Å². The number of rotatable bonds is 4. The van der Waals surface area contributed by atoms with Crippen LogP contribution in [0.25, 0.3) is 0 Å². The van der Waals surface area contributed by atoms with Crippen molar-refractivity contribution in [2.75, 3.05) is 20.1 Å². The second-order valence-electron chi connectivity index (χ2n) is 4.54. The van der Waals surface area contributed by atoms with E-state index in [-0.39, 0.29) is 11.1 Å². The van der Waals surface area contributed by atoms with Crippen LogP contribution >= 0.6 is 0 Å². The first-order valence-corrected chi connectivity index (χ1v) is 7.70. The molecule has 1 fully saturated rings. The Morgan fingerprint density at radius 2 is 2.17 bits per heavy atom. The Kier molecular flexibility index (Phi) is 4.04. The van der Waals surface area contributed by atoms with Crippen LogP contribution in [-0.2, 0) is 16.6 Å². The van der Waals surface area contributed by atoms with E-state index < -0.39 is 10.0 Å². The van der Waals surface area contributed by atoms with Gasteiger partial charge < -0.3 is 9.88 Å². The van der Waals surface area contributed by atoms with Gasteiger partial charge in [-0.3, -0.25) is 0 Å². The summed E-state index contributed by atoms with van der Waals surface area (Å²) >= 11 is 0. The molecule has 1 N–H and O–H groups in total. The summed E-state index contributed by atoms with van der Waals surface area (Å²) in [6, 6.07) is 0.0722. The van der Waals surface area contributed by atoms with Crippen LogP contribution < -0.4 is 5.32 Å². The number of nitrogens with zero attached hydrogens (tertiary/aromatic N) is 3. The normalized spacial score (nSPS) is 18.4. The summed E-state index contributed by atoms with van der Waals surface area (Å²) in [5, 5.41) is 3.38. The molecule has 0 bridgehead atoms. The molecule has 6 nitrogen and oxygen atoms in total. The van der Waals surface area contributed by atoms with Gasteiger partial charge in [0.05, 0.1) is 6.33 Å². The SMILES string of the molecule is CCn1cnc(S(=O)(=O)N(C)C2CCNCC2)c1. The van der Waals surface area contributed by atoms with Crippen molar-refractivity contribution in [2.24, 2.45) is 0 Å². The standard InChI is InChI=1S/C11H20N4O2S/c1-3-15-8-11(13-9-15)18(16,17)14(2)10-4-6-12-7-5-10/h8-10,12H,3-7H2,1-2H3. The first-order chi connectivity index (χ1) is 8.55. The molecule has 1 aliphatic rings. The third kappa shape index (κ3) is 2.57. The van der Waals surface area contributed by atoms with Gasteiger partial charge in [-0.1, -0.05) is 0 Å². The number of imidazole rings is 1. The number of aryl methyl sites for hydroxylation is 1. The molecule has 2 heterocycles. The average Bonchev–Trinajstić information content (AvgIpc) is 2.88. The molecule has 7 heteroatoms.